The summed E-state index contributed by atoms with van der Waals surface area (Å²) in [6.07, 6.45) is 1.71. The van der Waals surface area contributed by atoms with Gasteiger partial charge in [-0.2, -0.15) is 0 Å². The molecule has 0 fully saturated rings. The van der Waals surface area contributed by atoms with E-state index in [1.807, 2.05) is 36.4 Å². The lowest BCUT2D eigenvalue weighted by Gasteiger charge is -2.13. The van der Waals surface area contributed by atoms with Crippen LogP contribution in [-0.2, 0) is 12.8 Å². The Balaban J connectivity index is 2.01. The second-order valence-electron chi connectivity index (χ2n) is 4.61. The molecule has 0 radical (unpaired) electrons. The molecule has 3 heteroatoms. The van der Waals surface area contributed by atoms with Crippen LogP contribution in [0, 0.1) is 0 Å². The maximum atomic E-state index is 6.24. The number of ether oxygens (including phenoxy) is 1. The summed E-state index contributed by atoms with van der Waals surface area (Å²) in [5.74, 6) is 0.880. The lowest BCUT2D eigenvalue weighted by atomic mass is 10.00. The molecule has 0 bridgehead atoms. The van der Waals surface area contributed by atoms with Crippen LogP contribution in [0.25, 0.3) is 0 Å². The first-order valence-electron chi connectivity index (χ1n) is 6.31. The van der Waals surface area contributed by atoms with Crippen molar-refractivity contribution in [3.05, 3.63) is 64.1 Å². The molecule has 0 saturated heterocycles. The molecule has 100 valence electrons. The third-order valence-corrected chi connectivity index (χ3v) is 3.85. The van der Waals surface area contributed by atoms with Crippen LogP contribution >= 0.6 is 15.9 Å². The first kappa shape index (κ1) is 14.1. The summed E-state index contributed by atoms with van der Waals surface area (Å²) in [7, 11) is 1.68. The Hall–Kier alpha value is -1.32. The Morgan fingerprint density at radius 1 is 1.11 bits per heavy atom. The second kappa shape index (κ2) is 6.73. The summed E-state index contributed by atoms with van der Waals surface area (Å²) < 4.78 is 6.35. The molecule has 0 amide bonds. The molecule has 0 spiro atoms. The minimum absolute atomic E-state index is 0.103. The smallest absolute Gasteiger partial charge is 0.119 e. The van der Waals surface area contributed by atoms with E-state index in [1.54, 1.807) is 7.11 Å². The van der Waals surface area contributed by atoms with E-state index in [9.17, 15) is 0 Å². The SMILES string of the molecule is COc1cccc(CC(N)Cc2ccccc2Br)c1. The van der Waals surface area contributed by atoms with E-state index in [0.717, 1.165) is 23.1 Å². The standard InChI is InChI=1S/C16H18BrNO/c1-19-15-7-4-5-12(10-15)9-14(18)11-13-6-2-3-8-16(13)17/h2-8,10,14H,9,11,18H2,1H3. The molecule has 0 aromatic heterocycles. The highest BCUT2D eigenvalue weighted by Crippen LogP contribution is 2.19. The number of halogens is 1. The van der Waals surface area contributed by atoms with Crippen LogP contribution in [-0.4, -0.2) is 13.2 Å². The van der Waals surface area contributed by atoms with E-state index < -0.39 is 0 Å². The molecular formula is C16H18BrNO. The summed E-state index contributed by atoms with van der Waals surface area (Å²) in [6, 6.07) is 16.4. The van der Waals surface area contributed by atoms with Gasteiger partial charge in [0.05, 0.1) is 7.11 Å². The zero-order valence-electron chi connectivity index (χ0n) is 11.0. The summed E-state index contributed by atoms with van der Waals surface area (Å²) in [4.78, 5) is 0. The van der Waals surface area contributed by atoms with E-state index in [1.165, 1.54) is 11.1 Å². The molecule has 0 saturated carbocycles. The molecule has 0 aliphatic heterocycles. The summed E-state index contributed by atoms with van der Waals surface area (Å²) in [6.45, 7) is 0. The van der Waals surface area contributed by atoms with E-state index >= 15 is 0 Å². The lowest BCUT2D eigenvalue weighted by Crippen LogP contribution is -2.25. The molecule has 2 N–H and O–H groups in total. The van der Waals surface area contributed by atoms with Crippen LogP contribution < -0.4 is 10.5 Å². The van der Waals surface area contributed by atoms with Gasteiger partial charge in [-0.05, 0) is 42.2 Å². The minimum atomic E-state index is 0.103. The van der Waals surface area contributed by atoms with Gasteiger partial charge in [0.1, 0.15) is 5.75 Å². The maximum Gasteiger partial charge on any atom is 0.119 e. The molecule has 19 heavy (non-hydrogen) atoms. The molecule has 0 aliphatic rings. The van der Waals surface area contributed by atoms with Crippen molar-refractivity contribution in [2.45, 2.75) is 18.9 Å². The lowest BCUT2D eigenvalue weighted by molar-refractivity contribution is 0.414. The van der Waals surface area contributed by atoms with Crippen molar-refractivity contribution in [2.75, 3.05) is 7.11 Å². The zero-order valence-corrected chi connectivity index (χ0v) is 12.6. The molecule has 2 nitrogen and oxygen atoms in total. The summed E-state index contributed by atoms with van der Waals surface area (Å²) >= 11 is 3.56. The van der Waals surface area contributed by atoms with E-state index in [-0.39, 0.29) is 6.04 Å². The van der Waals surface area contributed by atoms with Gasteiger partial charge in [0.25, 0.3) is 0 Å². The third-order valence-electron chi connectivity index (χ3n) is 3.07. The number of benzene rings is 2. The predicted molar refractivity (Wildman–Crippen MR) is 82.5 cm³/mol. The first-order valence-corrected chi connectivity index (χ1v) is 7.10. The van der Waals surface area contributed by atoms with Crippen LogP contribution in [0.2, 0.25) is 0 Å². The highest BCUT2D eigenvalue weighted by Gasteiger charge is 2.08. The number of methoxy groups -OCH3 is 1. The fourth-order valence-electron chi connectivity index (χ4n) is 2.12. The average molecular weight is 320 g/mol. The van der Waals surface area contributed by atoms with Crippen molar-refractivity contribution in [3.63, 3.8) is 0 Å². The number of rotatable bonds is 5. The fourth-order valence-corrected chi connectivity index (χ4v) is 2.57. The van der Waals surface area contributed by atoms with E-state index in [0.29, 0.717) is 0 Å². The Morgan fingerprint density at radius 3 is 2.63 bits per heavy atom. The van der Waals surface area contributed by atoms with Crippen LogP contribution in [0.1, 0.15) is 11.1 Å². The Morgan fingerprint density at radius 2 is 1.89 bits per heavy atom. The van der Waals surface area contributed by atoms with Gasteiger partial charge in [0.15, 0.2) is 0 Å². The maximum absolute atomic E-state index is 6.24. The van der Waals surface area contributed by atoms with Gasteiger partial charge in [-0.1, -0.05) is 46.3 Å². The molecule has 1 atom stereocenters. The molecule has 2 aromatic carbocycles. The summed E-state index contributed by atoms with van der Waals surface area (Å²) in [5, 5.41) is 0. The quantitative estimate of drug-likeness (QED) is 0.914. The van der Waals surface area contributed by atoms with Crippen molar-refractivity contribution in [1.82, 2.24) is 0 Å². The monoisotopic (exact) mass is 319 g/mol. The van der Waals surface area contributed by atoms with Crippen LogP contribution in [0.3, 0.4) is 0 Å². The molecular weight excluding hydrogens is 302 g/mol. The normalized spacial score (nSPS) is 12.2. The van der Waals surface area contributed by atoms with Crippen molar-refractivity contribution < 1.29 is 4.74 Å². The van der Waals surface area contributed by atoms with Crippen LogP contribution in [0.15, 0.2) is 53.0 Å². The Labute approximate surface area is 122 Å². The Bertz CT molecular complexity index is 542. The second-order valence-corrected chi connectivity index (χ2v) is 5.47. The molecule has 2 aromatic rings. The first-order chi connectivity index (χ1) is 9.19. The topological polar surface area (TPSA) is 35.2 Å². The largest absolute Gasteiger partial charge is 0.497 e. The summed E-state index contributed by atoms with van der Waals surface area (Å²) in [5.41, 5.74) is 8.69. The highest BCUT2D eigenvalue weighted by molar-refractivity contribution is 9.10. The van der Waals surface area contributed by atoms with Gasteiger partial charge in [-0.15, -0.1) is 0 Å². The van der Waals surface area contributed by atoms with E-state index in [4.69, 9.17) is 10.5 Å². The number of hydrogen-bond donors (Lipinski definition) is 1. The van der Waals surface area contributed by atoms with Gasteiger partial charge >= 0.3 is 0 Å². The van der Waals surface area contributed by atoms with Crippen molar-refractivity contribution in [1.29, 1.82) is 0 Å². The van der Waals surface area contributed by atoms with Crippen molar-refractivity contribution in [2.24, 2.45) is 5.73 Å². The van der Waals surface area contributed by atoms with Gasteiger partial charge in [-0.3, -0.25) is 0 Å². The fraction of sp³-hybridized carbons (Fsp3) is 0.250. The van der Waals surface area contributed by atoms with E-state index in [2.05, 4.69) is 28.1 Å². The molecule has 1 unspecified atom stereocenters. The predicted octanol–water partition coefficient (Wildman–Crippen LogP) is 3.57. The molecule has 0 aliphatic carbocycles. The van der Waals surface area contributed by atoms with Gasteiger partial charge in [0.2, 0.25) is 0 Å². The van der Waals surface area contributed by atoms with Crippen molar-refractivity contribution >= 4 is 15.9 Å². The molecule has 0 heterocycles. The Kier molecular flexibility index (Phi) is 5.00. The van der Waals surface area contributed by atoms with Crippen LogP contribution in [0.5, 0.6) is 5.75 Å². The zero-order chi connectivity index (χ0) is 13.7. The van der Waals surface area contributed by atoms with Gasteiger partial charge < -0.3 is 10.5 Å². The number of nitrogens with two attached hydrogens (primary N) is 1. The third kappa shape index (κ3) is 4.08. The highest BCUT2D eigenvalue weighted by atomic mass is 79.9. The minimum Gasteiger partial charge on any atom is -0.497 e. The van der Waals surface area contributed by atoms with Crippen LogP contribution in [0.4, 0.5) is 0 Å². The van der Waals surface area contributed by atoms with Crippen molar-refractivity contribution in [3.8, 4) is 5.75 Å². The average Bonchev–Trinajstić information content (AvgIpc) is 2.41. The number of hydrogen-bond acceptors (Lipinski definition) is 2. The molecule has 2 rings (SSSR count). The van der Waals surface area contributed by atoms with Gasteiger partial charge in [0, 0.05) is 10.5 Å². The van der Waals surface area contributed by atoms with Gasteiger partial charge in [-0.25, -0.2) is 0 Å².